The maximum atomic E-state index is 11.9. The molecule has 1 aromatic carbocycles. The number of aliphatic hydroxyl groups is 1. The summed E-state index contributed by atoms with van der Waals surface area (Å²) in [6.07, 6.45) is -1.16. The molecular weight excluding hydrogens is 260 g/mol. The first kappa shape index (κ1) is 16.0. The third kappa shape index (κ3) is 4.55. The molecule has 0 radical (unpaired) electrons. The lowest BCUT2D eigenvalue weighted by Crippen LogP contribution is -2.51. The number of aryl methyl sites for hydroxylation is 1. The molecule has 0 bridgehead atoms. The topological polar surface area (TPSA) is 89.9 Å². The molecule has 0 unspecified atom stereocenters. The lowest BCUT2D eigenvalue weighted by Gasteiger charge is -2.23. The Morgan fingerprint density at radius 2 is 2.05 bits per heavy atom. The number of rotatable bonds is 5. The molecule has 0 aliphatic heterocycles. The van der Waals surface area contributed by atoms with E-state index in [9.17, 15) is 14.7 Å². The SMILES string of the molecule is Cc1cccc(CN(C)C(=O)N[C@H](C(=O)O)[C@@H](C)O)c1. The van der Waals surface area contributed by atoms with Gasteiger partial charge in [0.15, 0.2) is 6.04 Å². The molecule has 1 rings (SSSR count). The number of carbonyl (C=O) groups excluding carboxylic acids is 1. The van der Waals surface area contributed by atoms with E-state index in [0.717, 1.165) is 11.1 Å². The predicted octanol–water partition coefficient (Wildman–Crippen LogP) is 0.970. The summed E-state index contributed by atoms with van der Waals surface area (Å²) in [5.74, 6) is -1.27. The van der Waals surface area contributed by atoms with Crippen LogP contribution in [-0.2, 0) is 11.3 Å². The van der Waals surface area contributed by atoms with Crippen LogP contribution >= 0.6 is 0 Å². The zero-order chi connectivity index (χ0) is 15.3. The van der Waals surface area contributed by atoms with Gasteiger partial charge in [-0.25, -0.2) is 9.59 Å². The molecule has 3 N–H and O–H groups in total. The molecule has 0 saturated heterocycles. The van der Waals surface area contributed by atoms with Crippen molar-refractivity contribution < 1.29 is 19.8 Å². The number of aliphatic carboxylic acids is 1. The summed E-state index contributed by atoms with van der Waals surface area (Å²) >= 11 is 0. The quantitative estimate of drug-likeness (QED) is 0.749. The second kappa shape index (κ2) is 6.91. The Labute approximate surface area is 118 Å². The van der Waals surface area contributed by atoms with Gasteiger partial charge in [0, 0.05) is 13.6 Å². The first-order valence-corrected chi connectivity index (χ1v) is 6.29. The molecule has 0 aliphatic rings. The van der Waals surface area contributed by atoms with Crippen LogP contribution < -0.4 is 5.32 Å². The van der Waals surface area contributed by atoms with Crippen LogP contribution in [0.15, 0.2) is 24.3 Å². The number of hydrogen-bond acceptors (Lipinski definition) is 3. The summed E-state index contributed by atoms with van der Waals surface area (Å²) in [4.78, 5) is 24.2. The molecular formula is C14H20N2O4. The first-order valence-electron chi connectivity index (χ1n) is 6.29. The Kier molecular flexibility index (Phi) is 5.52. The van der Waals surface area contributed by atoms with E-state index in [1.54, 1.807) is 7.05 Å². The number of aliphatic hydroxyl groups excluding tert-OH is 1. The van der Waals surface area contributed by atoms with Gasteiger partial charge in [0.1, 0.15) is 0 Å². The molecule has 6 heteroatoms. The number of amides is 2. The van der Waals surface area contributed by atoms with E-state index < -0.39 is 24.1 Å². The smallest absolute Gasteiger partial charge is 0.328 e. The molecule has 0 fully saturated rings. The standard InChI is InChI=1S/C14H20N2O4/c1-9-5-4-6-11(7-9)8-16(3)14(20)15-12(10(2)17)13(18)19/h4-7,10,12,17H,8H2,1-3H3,(H,15,20)(H,18,19)/t10-,12+/m1/s1. The maximum Gasteiger partial charge on any atom is 0.328 e. The van der Waals surface area contributed by atoms with Crippen LogP contribution in [0.1, 0.15) is 18.1 Å². The summed E-state index contributed by atoms with van der Waals surface area (Å²) < 4.78 is 0. The molecule has 20 heavy (non-hydrogen) atoms. The summed E-state index contributed by atoms with van der Waals surface area (Å²) in [5, 5.41) is 20.5. The Hall–Kier alpha value is -2.08. The number of hydrogen-bond donors (Lipinski definition) is 3. The Morgan fingerprint density at radius 3 is 2.55 bits per heavy atom. The van der Waals surface area contributed by atoms with Gasteiger partial charge in [0.25, 0.3) is 0 Å². The van der Waals surface area contributed by atoms with Gasteiger partial charge in [0.2, 0.25) is 0 Å². The number of nitrogens with one attached hydrogen (secondary N) is 1. The molecule has 0 aliphatic carbocycles. The van der Waals surface area contributed by atoms with Crippen molar-refractivity contribution in [1.82, 2.24) is 10.2 Å². The van der Waals surface area contributed by atoms with Crippen LogP contribution in [0, 0.1) is 6.92 Å². The lowest BCUT2D eigenvalue weighted by atomic mass is 10.1. The van der Waals surface area contributed by atoms with E-state index in [1.165, 1.54) is 11.8 Å². The van der Waals surface area contributed by atoms with E-state index in [4.69, 9.17) is 5.11 Å². The zero-order valence-corrected chi connectivity index (χ0v) is 11.8. The zero-order valence-electron chi connectivity index (χ0n) is 11.8. The van der Waals surface area contributed by atoms with Gasteiger partial charge in [0.05, 0.1) is 6.10 Å². The fraction of sp³-hybridized carbons (Fsp3) is 0.429. The van der Waals surface area contributed by atoms with Gasteiger partial charge in [-0.05, 0) is 19.4 Å². The summed E-state index contributed by atoms with van der Waals surface area (Å²) in [7, 11) is 1.57. The monoisotopic (exact) mass is 280 g/mol. The minimum atomic E-state index is -1.32. The van der Waals surface area contributed by atoms with E-state index in [0.29, 0.717) is 6.54 Å². The van der Waals surface area contributed by atoms with Gasteiger partial charge >= 0.3 is 12.0 Å². The van der Waals surface area contributed by atoms with Gasteiger partial charge in [-0.2, -0.15) is 0 Å². The van der Waals surface area contributed by atoms with Crippen LogP contribution in [-0.4, -0.2) is 46.3 Å². The highest BCUT2D eigenvalue weighted by Gasteiger charge is 2.26. The summed E-state index contributed by atoms with van der Waals surface area (Å²) in [5.41, 5.74) is 2.04. The number of benzene rings is 1. The highest BCUT2D eigenvalue weighted by molar-refractivity contribution is 5.82. The molecule has 0 aromatic heterocycles. The molecule has 110 valence electrons. The minimum Gasteiger partial charge on any atom is -0.480 e. The Morgan fingerprint density at radius 1 is 1.40 bits per heavy atom. The highest BCUT2D eigenvalue weighted by atomic mass is 16.4. The molecule has 0 spiro atoms. The molecule has 2 atom stereocenters. The average molecular weight is 280 g/mol. The largest absolute Gasteiger partial charge is 0.480 e. The third-order valence-corrected chi connectivity index (χ3v) is 2.88. The lowest BCUT2D eigenvalue weighted by molar-refractivity contribution is -0.141. The van der Waals surface area contributed by atoms with Gasteiger partial charge in [-0.15, -0.1) is 0 Å². The number of carboxylic acids is 1. The maximum absolute atomic E-state index is 11.9. The minimum absolute atomic E-state index is 0.361. The van der Waals surface area contributed by atoms with Crippen LogP contribution in [0.5, 0.6) is 0 Å². The van der Waals surface area contributed by atoms with Crippen LogP contribution in [0.25, 0.3) is 0 Å². The van der Waals surface area contributed by atoms with Crippen molar-refractivity contribution in [2.75, 3.05) is 7.05 Å². The van der Waals surface area contributed by atoms with Crippen LogP contribution in [0.4, 0.5) is 4.79 Å². The summed E-state index contributed by atoms with van der Waals surface area (Å²) in [6.45, 7) is 3.64. The fourth-order valence-electron chi connectivity index (χ4n) is 1.79. The van der Waals surface area contributed by atoms with Crippen molar-refractivity contribution >= 4 is 12.0 Å². The van der Waals surface area contributed by atoms with Crippen molar-refractivity contribution in [3.8, 4) is 0 Å². The van der Waals surface area contributed by atoms with Crippen molar-refractivity contribution in [2.45, 2.75) is 32.5 Å². The molecule has 0 saturated carbocycles. The second-order valence-electron chi connectivity index (χ2n) is 4.85. The van der Waals surface area contributed by atoms with Gasteiger partial charge in [-0.1, -0.05) is 29.8 Å². The Balaban J connectivity index is 2.65. The molecule has 0 heterocycles. The third-order valence-electron chi connectivity index (χ3n) is 2.88. The number of carbonyl (C=O) groups is 2. The number of urea groups is 1. The van der Waals surface area contributed by atoms with Crippen molar-refractivity contribution in [3.05, 3.63) is 35.4 Å². The van der Waals surface area contributed by atoms with Crippen molar-refractivity contribution in [2.24, 2.45) is 0 Å². The van der Waals surface area contributed by atoms with Crippen LogP contribution in [0.2, 0.25) is 0 Å². The Bertz CT molecular complexity index is 488. The predicted molar refractivity (Wildman–Crippen MR) is 74.3 cm³/mol. The van der Waals surface area contributed by atoms with Gasteiger partial charge < -0.3 is 20.4 Å². The fourth-order valence-corrected chi connectivity index (χ4v) is 1.79. The molecule has 1 aromatic rings. The number of nitrogens with zero attached hydrogens (tertiary/aromatic N) is 1. The number of carboxylic acid groups (broad SMARTS) is 1. The second-order valence-corrected chi connectivity index (χ2v) is 4.85. The molecule has 2 amide bonds. The normalized spacial score (nSPS) is 13.4. The highest BCUT2D eigenvalue weighted by Crippen LogP contribution is 2.07. The van der Waals surface area contributed by atoms with Crippen molar-refractivity contribution in [3.63, 3.8) is 0 Å². The molecule has 6 nitrogen and oxygen atoms in total. The van der Waals surface area contributed by atoms with Gasteiger partial charge in [-0.3, -0.25) is 0 Å². The van der Waals surface area contributed by atoms with E-state index >= 15 is 0 Å². The first-order chi connectivity index (χ1) is 9.31. The van der Waals surface area contributed by atoms with E-state index in [1.807, 2.05) is 31.2 Å². The average Bonchev–Trinajstić information content (AvgIpc) is 2.34. The van der Waals surface area contributed by atoms with E-state index in [-0.39, 0.29) is 0 Å². The summed E-state index contributed by atoms with van der Waals surface area (Å²) in [6, 6.07) is 5.83. The van der Waals surface area contributed by atoms with Crippen LogP contribution in [0.3, 0.4) is 0 Å². The van der Waals surface area contributed by atoms with Crippen molar-refractivity contribution in [1.29, 1.82) is 0 Å². The van der Waals surface area contributed by atoms with E-state index in [2.05, 4.69) is 5.32 Å².